The molecule has 18 heavy (non-hydrogen) atoms. The van der Waals surface area contributed by atoms with Gasteiger partial charge in [-0.05, 0) is 0 Å². The first-order chi connectivity index (χ1) is 8.75. The maximum absolute atomic E-state index is 9.15. The number of hydrogen-bond acceptors (Lipinski definition) is 7. The summed E-state index contributed by atoms with van der Waals surface area (Å²) < 4.78 is 0. The molecule has 2 atom stereocenters. The fourth-order valence-corrected chi connectivity index (χ4v) is 2.40. The maximum Gasteiger partial charge on any atom is 0.0668 e. The van der Waals surface area contributed by atoms with Gasteiger partial charge in [0.15, 0.2) is 0 Å². The standard InChI is InChI=1S/C11H26N4OS2/c16-9-10(17)11(18)15-7-5-13-3-1-12-2-4-14-6-8-15/h10-14,16-18H,1-9H2. The van der Waals surface area contributed by atoms with Crippen LogP contribution in [0.5, 0.6) is 0 Å². The van der Waals surface area contributed by atoms with Crippen LogP contribution in [0.2, 0.25) is 0 Å². The Hall–Kier alpha value is 0.500. The van der Waals surface area contributed by atoms with Crippen LogP contribution in [-0.4, -0.2) is 79.6 Å². The number of nitrogens with one attached hydrogen (secondary N) is 3. The Balaban J connectivity index is 2.40. The van der Waals surface area contributed by atoms with Crippen LogP contribution in [0.3, 0.4) is 0 Å². The van der Waals surface area contributed by atoms with Crippen molar-refractivity contribution in [3.05, 3.63) is 0 Å². The van der Waals surface area contributed by atoms with Crippen LogP contribution in [0.1, 0.15) is 0 Å². The average molecular weight is 294 g/mol. The molecule has 108 valence electrons. The van der Waals surface area contributed by atoms with Crippen molar-refractivity contribution in [1.82, 2.24) is 20.9 Å². The highest BCUT2D eigenvalue weighted by Crippen LogP contribution is 2.13. The van der Waals surface area contributed by atoms with Gasteiger partial charge in [0, 0.05) is 57.6 Å². The van der Waals surface area contributed by atoms with E-state index in [1.807, 2.05) is 0 Å². The van der Waals surface area contributed by atoms with Crippen LogP contribution in [0.4, 0.5) is 0 Å². The van der Waals surface area contributed by atoms with Gasteiger partial charge in [-0.1, -0.05) is 0 Å². The average Bonchev–Trinajstić information content (AvgIpc) is 2.37. The summed E-state index contributed by atoms with van der Waals surface area (Å²) in [4.78, 5) is 2.26. The minimum absolute atomic E-state index is 0.0111. The topological polar surface area (TPSA) is 59.6 Å². The van der Waals surface area contributed by atoms with Gasteiger partial charge in [-0.3, -0.25) is 4.90 Å². The first-order valence-corrected chi connectivity index (χ1v) is 7.62. The molecule has 0 bridgehead atoms. The monoisotopic (exact) mass is 294 g/mol. The normalized spacial score (nSPS) is 24.8. The Kier molecular flexibility index (Phi) is 9.48. The molecule has 0 aliphatic carbocycles. The van der Waals surface area contributed by atoms with Crippen molar-refractivity contribution in [2.24, 2.45) is 0 Å². The molecule has 1 heterocycles. The Labute approximate surface area is 121 Å². The summed E-state index contributed by atoms with van der Waals surface area (Å²) in [5.41, 5.74) is 0. The summed E-state index contributed by atoms with van der Waals surface area (Å²) in [6.45, 7) is 7.73. The van der Waals surface area contributed by atoms with E-state index in [4.69, 9.17) is 5.11 Å². The Bertz CT molecular complexity index is 199. The van der Waals surface area contributed by atoms with Crippen LogP contribution >= 0.6 is 25.3 Å². The largest absolute Gasteiger partial charge is 0.395 e. The molecule has 0 radical (unpaired) electrons. The van der Waals surface area contributed by atoms with Gasteiger partial charge in [-0.25, -0.2) is 0 Å². The predicted molar refractivity (Wildman–Crippen MR) is 82.8 cm³/mol. The van der Waals surface area contributed by atoms with Crippen molar-refractivity contribution in [3.8, 4) is 0 Å². The van der Waals surface area contributed by atoms with Crippen LogP contribution in [0.25, 0.3) is 0 Å². The molecular weight excluding hydrogens is 268 g/mol. The predicted octanol–water partition coefficient (Wildman–Crippen LogP) is -1.38. The second-order valence-electron chi connectivity index (χ2n) is 4.45. The third-order valence-corrected chi connectivity index (χ3v) is 4.38. The highest BCUT2D eigenvalue weighted by molar-refractivity contribution is 7.85. The van der Waals surface area contributed by atoms with E-state index >= 15 is 0 Å². The third kappa shape index (κ3) is 6.60. The SMILES string of the molecule is OCC(S)C(S)N1CCNCCNCCNCC1. The third-order valence-electron chi connectivity index (χ3n) is 3.01. The smallest absolute Gasteiger partial charge is 0.0668 e. The first kappa shape index (κ1) is 16.6. The second-order valence-corrected chi connectivity index (χ2v) is 5.64. The second kappa shape index (κ2) is 10.3. The number of hydrogen-bond donors (Lipinski definition) is 6. The number of thiol groups is 2. The van der Waals surface area contributed by atoms with Gasteiger partial charge in [-0.2, -0.15) is 25.3 Å². The van der Waals surface area contributed by atoms with Crippen molar-refractivity contribution in [2.45, 2.75) is 10.6 Å². The van der Waals surface area contributed by atoms with Crippen molar-refractivity contribution in [2.75, 3.05) is 59.0 Å². The van der Waals surface area contributed by atoms with Gasteiger partial charge >= 0.3 is 0 Å². The lowest BCUT2D eigenvalue weighted by molar-refractivity contribution is 0.213. The molecule has 0 aromatic rings. The van der Waals surface area contributed by atoms with Gasteiger partial charge < -0.3 is 21.1 Å². The highest BCUT2D eigenvalue weighted by Gasteiger charge is 2.20. The van der Waals surface area contributed by atoms with E-state index in [1.54, 1.807) is 0 Å². The van der Waals surface area contributed by atoms with Gasteiger partial charge in [-0.15, -0.1) is 0 Å². The van der Waals surface area contributed by atoms with E-state index in [0.29, 0.717) is 0 Å². The summed E-state index contributed by atoms with van der Waals surface area (Å²) in [6.07, 6.45) is 0. The lowest BCUT2D eigenvalue weighted by atomic mass is 10.3. The molecule has 0 aromatic carbocycles. The molecule has 1 aliphatic rings. The highest BCUT2D eigenvalue weighted by atomic mass is 32.1. The quantitative estimate of drug-likeness (QED) is 0.362. The van der Waals surface area contributed by atoms with Crippen LogP contribution in [0.15, 0.2) is 0 Å². The van der Waals surface area contributed by atoms with Gasteiger partial charge in [0.1, 0.15) is 0 Å². The number of aliphatic hydroxyl groups is 1. The minimum atomic E-state index is -0.108. The van der Waals surface area contributed by atoms with Crippen molar-refractivity contribution >= 4 is 25.3 Å². The fraction of sp³-hybridized carbons (Fsp3) is 1.00. The van der Waals surface area contributed by atoms with Crippen LogP contribution in [0, 0.1) is 0 Å². The summed E-state index contributed by atoms with van der Waals surface area (Å²) in [5, 5.41) is 19.2. The number of aliphatic hydroxyl groups excluding tert-OH is 1. The minimum Gasteiger partial charge on any atom is -0.395 e. The Morgan fingerprint density at radius 1 is 0.889 bits per heavy atom. The molecule has 0 spiro atoms. The number of rotatable bonds is 3. The van der Waals surface area contributed by atoms with E-state index in [0.717, 1.165) is 52.4 Å². The van der Waals surface area contributed by atoms with Gasteiger partial charge in [0.05, 0.1) is 12.0 Å². The molecule has 0 aromatic heterocycles. The van der Waals surface area contributed by atoms with Crippen molar-refractivity contribution < 1.29 is 5.11 Å². The van der Waals surface area contributed by atoms with E-state index < -0.39 is 0 Å². The molecule has 5 nitrogen and oxygen atoms in total. The van der Waals surface area contributed by atoms with Gasteiger partial charge in [0.25, 0.3) is 0 Å². The van der Waals surface area contributed by atoms with E-state index in [1.165, 1.54) is 0 Å². The van der Waals surface area contributed by atoms with Crippen LogP contribution in [-0.2, 0) is 0 Å². The maximum atomic E-state index is 9.15. The fourth-order valence-electron chi connectivity index (χ4n) is 1.89. The summed E-state index contributed by atoms with van der Waals surface area (Å²) >= 11 is 8.93. The lowest BCUT2D eigenvalue weighted by Gasteiger charge is -2.31. The molecular formula is C11H26N4OS2. The first-order valence-electron chi connectivity index (χ1n) is 6.59. The number of nitrogens with zero attached hydrogens (tertiary/aromatic N) is 1. The Morgan fingerprint density at radius 2 is 1.33 bits per heavy atom. The van der Waals surface area contributed by atoms with Gasteiger partial charge in [0.2, 0.25) is 0 Å². The Morgan fingerprint density at radius 3 is 1.78 bits per heavy atom. The molecule has 0 amide bonds. The summed E-state index contributed by atoms with van der Waals surface area (Å²) in [6, 6.07) is 0. The molecule has 1 saturated heterocycles. The summed E-state index contributed by atoms with van der Waals surface area (Å²) in [7, 11) is 0. The summed E-state index contributed by atoms with van der Waals surface area (Å²) in [5.74, 6) is 0. The van der Waals surface area contributed by atoms with E-state index in [9.17, 15) is 0 Å². The van der Waals surface area contributed by atoms with Crippen LogP contribution < -0.4 is 16.0 Å². The molecule has 0 saturated carbocycles. The molecule has 1 aliphatic heterocycles. The van der Waals surface area contributed by atoms with Crippen molar-refractivity contribution in [1.29, 1.82) is 0 Å². The zero-order chi connectivity index (χ0) is 13.2. The molecule has 2 unspecified atom stereocenters. The molecule has 7 heteroatoms. The zero-order valence-corrected chi connectivity index (χ0v) is 12.6. The van der Waals surface area contributed by atoms with E-state index in [-0.39, 0.29) is 17.2 Å². The van der Waals surface area contributed by atoms with Crippen molar-refractivity contribution in [3.63, 3.8) is 0 Å². The molecule has 1 rings (SSSR count). The van der Waals surface area contributed by atoms with E-state index in [2.05, 4.69) is 46.1 Å². The zero-order valence-electron chi connectivity index (χ0n) is 10.8. The lowest BCUT2D eigenvalue weighted by Crippen LogP contribution is -2.47. The molecule has 1 fully saturated rings. The molecule has 4 N–H and O–H groups in total.